The van der Waals surface area contributed by atoms with Crippen LogP contribution >= 0.6 is 23.2 Å². The summed E-state index contributed by atoms with van der Waals surface area (Å²) in [6.45, 7) is 0. The molecule has 0 aromatic heterocycles. The molecule has 1 N–H and O–H groups in total. The number of benzene rings is 2. The Morgan fingerprint density at radius 3 is 2.30 bits per heavy atom. The summed E-state index contributed by atoms with van der Waals surface area (Å²) in [5.41, 5.74) is 1.95. The summed E-state index contributed by atoms with van der Waals surface area (Å²) in [6, 6.07) is 12.9. The first-order valence-corrected chi connectivity index (χ1v) is 7.09. The van der Waals surface area contributed by atoms with Gasteiger partial charge in [-0.25, -0.2) is 0 Å². The highest BCUT2D eigenvalue weighted by molar-refractivity contribution is 6.30. The number of aliphatic hydroxyl groups is 1. The molecule has 0 aliphatic carbocycles. The highest BCUT2D eigenvalue weighted by Crippen LogP contribution is 2.24. The van der Waals surface area contributed by atoms with Crippen molar-refractivity contribution >= 4 is 23.2 Å². The molecule has 2 rings (SSSR count). The second-order valence-electron chi connectivity index (χ2n) is 4.64. The molecule has 0 fully saturated rings. The van der Waals surface area contributed by atoms with Crippen LogP contribution in [-0.4, -0.2) is 18.3 Å². The molecule has 0 radical (unpaired) electrons. The molecule has 2 aromatic carbocycles. The minimum Gasteiger partial charge on any atom is -0.496 e. The summed E-state index contributed by atoms with van der Waals surface area (Å²) < 4.78 is 5.28. The Morgan fingerprint density at radius 2 is 1.65 bits per heavy atom. The number of methoxy groups -OCH3 is 1. The van der Waals surface area contributed by atoms with Crippen LogP contribution in [-0.2, 0) is 12.8 Å². The largest absolute Gasteiger partial charge is 0.496 e. The molecular formula is C16H16Cl2O2. The van der Waals surface area contributed by atoms with Gasteiger partial charge in [0.05, 0.1) is 13.2 Å². The van der Waals surface area contributed by atoms with Gasteiger partial charge in [-0.2, -0.15) is 0 Å². The smallest absolute Gasteiger partial charge is 0.122 e. The standard InChI is InChI=1S/C16H16Cl2O2/c1-20-16-7-6-14(18)9-12(16)10-15(19)8-11-2-4-13(17)5-3-11/h2-7,9,15,19H,8,10H2,1H3. The molecule has 0 saturated carbocycles. The summed E-state index contributed by atoms with van der Waals surface area (Å²) in [4.78, 5) is 0. The maximum Gasteiger partial charge on any atom is 0.122 e. The van der Waals surface area contributed by atoms with E-state index in [9.17, 15) is 5.11 Å². The highest BCUT2D eigenvalue weighted by atomic mass is 35.5. The van der Waals surface area contributed by atoms with E-state index in [0.717, 1.165) is 16.9 Å². The molecule has 4 heteroatoms. The Kier molecular flexibility index (Phi) is 5.30. The van der Waals surface area contributed by atoms with Crippen LogP contribution in [0.25, 0.3) is 0 Å². The fourth-order valence-corrected chi connectivity index (χ4v) is 2.45. The summed E-state index contributed by atoms with van der Waals surface area (Å²) >= 11 is 11.8. The number of hydrogen-bond donors (Lipinski definition) is 1. The van der Waals surface area contributed by atoms with Gasteiger partial charge in [-0.05, 0) is 47.9 Å². The van der Waals surface area contributed by atoms with Crippen LogP contribution in [0.2, 0.25) is 10.0 Å². The predicted octanol–water partition coefficient (Wildman–Crippen LogP) is 4.15. The lowest BCUT2D eigenvalue weighted by Crippen LogP contribution is -2.14. The van der Waals surface area contributed by atoms with Crippen molar-refractivity contribution < 1.29 is 9.84 Å². The van der Waals surface area contributed by atoms with Gasteiger partial charge >= 0.3 is 0 Å². The Hall–Kier alpha value is -1.22. The van der Waals surface area contributed by atoms with E-state index in [0.29, 0.717) is 22.9 Å². The molecular weight excluding hydrogens is 295 g/mol. The van der Waals surface area contributed by atoms with Gasteiger partial charge in [0.1, 0.15) is 5.75 Å². The third-order valence-electron chi connectivity index (χ3n) is 3.08. The van der Waals surface area contributed by atoms with Gasteiger partial charge in [-0.15, -0.1) is 0 Å². The van der Waals surface area contributed by atoms with E-state index in [4.69, 9.17) is 27.9 Å². The highest BCUT2D eigenvalue weighted by Gasteiger charge is 2.11. The molecule has 0 bridgehead atoms. The number of hydrogen-bond acceptors (Lipinski definition) is 2. The summed E-state index contributed by atoms with van der Waals surface area (Å²) in [5, 5.41) is 11.5. The van der Waals surface area contributed by atoms with E-state index in [1.54, 1.807) is 13.2 Å². The van der Waals surface area contributed by atoms with Gasteiger partial charge in [0.2, 0.25) is 0 Å². The van der Waals surface area contributed by atoms with Gasteiger partial charge in [0.15, 0.2) is 0 Å². The van der Waals surface area contributed by atoms with Crippen LogP contribution in [0.5, 0.6) is 5.75 Å². The fraction of sp³-hybridized carbons (Fsp3) is 0.250. The van der Waals surface area contributed by atoms with Gasteiger partial charge in [0, 0.05) is 16.5 Å². The van der Waals surface area contributed by atoms with Crippen LogP contribution in [0.3, 0.4) is 0 Å². The molecule has 0 aliphatic rings. The van der Waals surface area contributed by atoms with E-state index >= 15 is 0 Å². The minimum atomic E-state index is -0.497. The summed E-state index contributed by atoms with van der Waals surface area (Å²) in [7, 11) is 1.61. The maximum absolute atomic E-state index is 10.2. The van der Waals surface area contributed by atoms with Crippen molar-refractivity contribution in [1.29, 1.82) is 0 Å². The van der Waals surface area contributed by atoms with E-state index in [2.05, 4.69) is 0 Å². The van der Waals surface area contributed by atoms with Gasteiger partial charge < -0.3 is 9.84 Å². The number of halogens is 2. The monoisotopic (exact) mass is 310 g/mol. The molecule has 2 aromatic rings. The van der Waals surface area contributed by atoms with Crippen molar-refractivity contribution in [2.75, 3.05) is 7.11 Å². The summed E-state index contributed by atoms with van der Waals surface area (Å²) in [6.07, 6.45) is 0.558. The summed E-state index contributed by atoms with van der Waals surface area (Å²) in [5.74, 6) is 0.740. The third kappa shape index (κ3) is 4.14. The van der Waals surface area contributed by atoms with Crippen LogP contribution in [0.4, 0.5) is 0 Å². The van der Waals surface area contributed by atoms with Crippen molar-refractivity contribution in [3.8, 4) is 5.75 Å². The van der Waals surface area contributed by atoms with E-state index in [1.165, 1.54) is 0 Å². The molecule has 20 heavy (non-hydrogen) atoms. The average molecular weight is 311 g/mol. The Bertz CT molecular complexity index is 567. The fourth-order valence-electron chi connectivity index (χ4n) is 2.13. The van der Waals surface area contributed by atoms with E-state index in [-0.39, 0.29) is 0 Å². The third-order valence-corrected chi connectivity index (χ3v) is 3.57. The van der Waals surface area contributed by atoms with Crippen molar-refractivity contribution in [2.45, 2.75) is 18.9 Å². The zero-order valence-electron chi connectivity index (χ0n) is 11.1. The average Bonchev–Trinajstić information content (AvgIpc) is 2.41. The first-order chi connectivity index (χ1) is 9.58. The van der Waals surface area contributed by atoms with E-state index < -0.39 is 6.10 Å². The lowest BCUT2D eigenvalue weighted by Gasteiger charge is -2.14. The Labute approximate surface area is 128 Å². The van der Waals surface area contributed by atoms with Crippen molar-refractivity contribution in [1.82, 2.24) is 0 Å². The first kappa shape index (κ1) is 15.2. The van der Waals surface area contributed by atoms with Crippen molar-refractivity contribution in [3.63, 3.8) is 0 Å². The van der Waals surface area contributed by atoms with Crippen LogP contribution in [0.15, 0.2) is 42.5 Å². The number of aliphatic hydroxyl groups excluding tert-OH is 1. The lowest BCUT2D eigenvalue weighted by molar-refractivity contribution is 0.174. The molecule has 106 valence electrons. The predicted molar refractivity (Wildman–Crippen MR) is 82.9 cm³/mol. The second-order valence-corrected chi connectivity index (χ2v) is 5.52. The SMILES string of the molecule is COc1ccc(Cl)cc1CC(O)Cc1ccc(Cl)cc1. The Balaban J connectivity index is 2.05. The molecule has 0 saturated heterocycles. The van der Waals surface area contributed by atoms with Gasteiger partial charge in [0.25, 0.3) is 0 Å². The first-order valence-electron chi connectivity index (χ1n) is 6.33. The van der Waals surface area contributed by atoms with Crippen molar-refractivity contribution in [2.24, 2.45) is 0 Å². The Morgan fingerprint density at radius 1 is 1.00 bits per heavy atom. The van der Waals surface area contributed by atoms with Crippen LogP contribution in [0.1, 0.15) is 11.1 Å². The topological polar surface area (TPSA) is 29.5 Å². The second kappa shape index (κ2) is 6.98. The molecule has 1 atom stereocenters. The molecule has 0 heterocycles. The quantitative estimate of drug-likeness (QED) is 0.899. The maximum atomic E-state index is 10.2. The lowest BCUT2D eigenvalue weighted by atomic mass is 10.0. The number of ether oxygens (including phenoxy) is 1. The minimum absolute atomic E-state index is 0.492. The zero-order chi connectivity index (χ0) is 14.5. The number of rotatable bonds is 5. The van der Waals surface area contributed by atoms with Gasteiger partial charge in [-0.3, -0.25) is 0 Å². The van der Waals surface area contributed by atoms with Crippen molar-refractivity contribution in [3.05, 3.63) is 63.6 Å². The van der Waals surface area contributed by atoms with E-state index in [1.807, 2.05) is 36.4 Å². The molecule has 0 amide bonds. The van der Waals surface area contributed by atoms with Crippen LogP contribution < -0.4 is 4.74 Å². The molecule has 0 spiro atoms. The van der Waals surface area contributed by atoms with Gasteiger partial charge in [-0.1, -0.05) is 35.3 Å². The molecule has 1 unspecified atom stereocenters. The molecule has 2 nitrogen and oxygen atoms in total. The molecule has 0 aliphatic heterocycles. The zero-order valence-corrected chi connectivity index (χ0v) is 12.7. The van der Waals surface area contributed by atoms with Crippen LogP contribution in [0, 0.1) is 0 Å². The normalized spacial score (nSPS) is 12.2.